The fourth-order valence-electron chi connectivity index (χ4n) is 6.56. The van der Waals surface area contributed by atoms with Crippen LogP contribution in [-0.2, 0) is 0 Å². The highest BCUT2D eigenvalue weighted by atomic mass is 32.1. The lowest BCUT2D eigenvalue weighted by molar-refractivity contribution is 1.17. The number of nitriles is 1. The van der Waals surface area contributed by atoms with Crippen LogP contribution in [0.3, 0.4) is 0 Å². The number of fused-ring (bicyclic) bond motifs is 10. The van der Waals surface area contributed by atoms with Crippen molar-refractivity contribution in [3.63, 3.8) is 0 Å². The van der Waals surface area contributed by atoms with Crippen molar-refractivity contribution in [3.8, 4) is 22.9 Å². The van der Waals surface area contributed by atoms with Crippen molar-refractivity contribution in [2.24, 2.45) is 0 Å². The maximum absolute atomic E-state index is 10.3. The Hall–Kier alpha value is -5.46. The molecule has 43 heavy (non-hydrogen) atoms. The molecule has 198 valence electrons. The second-order valence-electron chi connectivity index (χ2n) is 10.7. The van der Waals surface area contributed by atoms with Gasteiger partial charge in [-0.1, -0.05) is 78.9 Å². The zero-order chi connectivity index (χ0) is 28.7. The van der Waals surface area contributed by atoms with Crippen LogP contribution in [-0.4, -0.2) is 4.57 Å². The first kappa shape index (κ1) is 24.2. The van der Waals surface area contributed by atoms with Crippen molar-refractivity contribution >= 4 is 90.5 Å². The molecule has 3 heterocycles. The molecule has 0 saturated heterocycles. The maximum Gasteiger partial charge on any atom is 0.187 e. The van der Waals surface area contributed by atoms with E-state index in [0.29, 0.717) is 11.3 Å². The van der Waals surface area contributed by atoms with Crippen LogP contribution >= 0.6 is 22.7 Å². The third-order valence-electron chi connectivity index (χ3n) is 8.46. The van der Waals surface area contributed by atoms with E-state index in [1.807, 2.05) is 35.6 Å². The van der Waals surface area contributed by atoms with E-state index in [4.69, 9.17) is 6.57 Å². The van der Waals surface area contributed by atoms with E-state index in [-0.39, 0.29) is 0 Å². The Kier molecular flexibility index (Phi) is 5.07. The van der Waals surface area contributed by atoms with Gasteiger partial charge < -0.3 is 4.57 Å². The van der Waals surface area contributed by atoms with Crippen molar-refractivity contribution in [2.75, 3.05) is 0 Å². The molecule has 0 aliphatic heterocycles. The Labute approximate surface area is 254 Å². The van der Waals surface area contributed by atoms with E-state index in [1.54, 1.807) is 11.3 Å². The Bertz CT molecular complexity index is 2650. The highest BCUT2D eigenvalue weighted by molar-refractivity contribution is 7.33. The van der Waals surface area contributed by atoms with Crippen LogP contribution < -0.4 is 0 Å². The van der Waals surface area contributed by atoms with Crippen molar-refractivity contribution < 1.29 is 0 Å². The lowest BCUT2D eigenvalue weighted by atomic mass is 9.98. The molecule has 0 aliphatic rings. The molecule has 9 aromatic rings. The van der Waals surface area contributed by atoms with Crippen LogP contribution in [0.5, 0.6) is 0 Å². The molecule has 0 fully saturated rings. The van der Waals surface area contributed by atoms with Crippen LogP contribution in [0.1, 0.15) is 5.56 Å². The van der Waals surface area contributed by atoms with Crippen molar-refractivity contribution in [2.45, 2.75) is 0 Å². The number of hydrogen-bond donors (Lipinski definition) is 0. The molecule has 0 aliphatic carbocycles. The zero-order valence-corrected chi connectivity index (χ0v) is 24.3. The van der Waals surface area contributed by atoms with Gasteiger partial charge >= 0.3 is 0 Å². The Balaban J connectivity index is 1.32. The monoisotopic (exact) mass is 581 g/mol. The third-order valence-corrected chi connectivity index (χ3v) is 11.0. The Morgan fingerprint density at radius 3 is 1.88 bits per heavy atom. The topological polar surface area (TPSA) is 33.1 Å². The number of nitrogens with zero attached hydrogens (tertiary/aromatic N) is 3. The summed E-state index contributed by atoms with van der Waals surface area (Å²) in [5.74, 6) is 0. The summed E-state index contributed by atoms with van der Waals surface area (Å²) in [6.07, 6.45) is 0. The molecule has 0 radical (unpaired) electrons. The lowest BCUT2D eigenvalue weighted by Gasteiger charge is -2.16. The SMILES string of the molecule is [C-]#[N+]c1ccc2sc3c(ccc4c5cc(-c6cccc(C#N)c6-n6c7ccccc7c7ccccc76)ccc5sc43)c2c1. The van der Waals surface area contributed by atoms with Gasteiger partial charge in [-0.05, 0) is 47.3 Å². The van der Waals surface area contributed by atoms with Crippen LogP contribution in [0.4, 0.5) is 5.69 Å². The largest absolute Gasteiger partial charge is 0.307 e. The Morgan fingerprint density at radius 2 is 1.23 bits per heavy atom. The van der Waals surface area contributed by atoms with Crippen LogP contribution in [0.25, 0.3) is 83.8 Å². The smallest absolute Gasteiger partial charge is 0.187 e. The van der Waals surface area contributed by atoms with Gasteiger partial charge in [-0.2, -0.15) is 5.26 Å². The molecule has 9 rings (SSSR count). The van der Waals surface area contributed by atoms with Gasteiger partial charge in [0.05, 0.1) is 38.3 Å². The van der Waals surface area contributed by atoms with Crippen LogP contribution in [0.15, 0.2) is 115 Å². The first-order valence-electron chi connectivity index (χ1n) is 13.9. The average molecular weight is 582 g/mol. The van der Waals surface area contributed by atoms with Gasteiger partial charge in [0, 0.05) is 41.9 Å². The summed E-state index contributed by atoms with van der Waals surface area (Å²) in [7, 11) is 0. The minimum Gasteiger partial charge on any atom is -0.307 e. The first-order valence-corrected chi connectivity index (χ1v) is 15.6. The molecule has 0 saturated carbocycles. The summed E-state index contributed by atoms with van der Waals surface area (Å²) < 4.78 is 7.25. The normalized spacial score (nSPS) is 11.7. The standard InChI is InChI=1S/C38H19N3S2/c1-40-24-14-18-35-31(20-24)29-16-15-28-30-19-22(13-17-34(30)42-37(28)38(29)43-35)25-10-6-7-23(21-39)36(25)41-32-11-4-2-8-26(32)27-9-3-5-12-33(27)41/h2-20H. The summed E-state index contributed by atoms with van der Waals surface area (Å²) in [4.78, 5) is 3.65. The quantitative estimate of drug-likeness (QED) is 0.187. The minimum atomic E-state index is 0.644. The van der Waals surface area contributed by atoms with Crippen LogP contribution in [0, 0.1) is 17.9 Å². The fourth-order valence-corrected chi connectivity index (χ4v) is 9.07. The molecule has 5 heteroatoms. The predicted octanol–water partition coefficient (Wildman–Crippen LogP) is 11.6. The Morgan fingerprint density at radius 1 is 0.605 bits per heavy atom. The highest BCUT2D eigenvalue weighted by Crippen LogP contribution is 2.46. The van der Waals surface area contributed by atoms with Crippen molar-refractivity contribution in [1.82, 2.24) is 4.57 Å². The van der Waals surface area contributed by atoms with E-state index in [0.717, 1.165) is 33.2 Å². The number of thiophene rings is 2. The molecule has 0 unspecified atom stereocenters. The number of rotatable bonds is 2. The lowest BCUT2D eigenvalue weighted by Crippen LogP contribution is -2.00. The van der Waals surface area contributed by atoms with E-state index >= 15 is 0 Å². The number of hydrogen-bond acceptors (Lipinski definition) is 3. The molecule has 0 N–H and O–H groups in total. The van der Waals surface area contributed by atoms with E-state index < -0.39 is 0 Å². The van der Waals surface area contributed by atoms with Gasteiger partial charge in [0.15, 0.2) is 5.69 Å². The number of aromatic nitrogens is 1. The molecule has 0 atom stereocenters. The molecule has 3 aromatic heterocycles. The van der Waals surface area contributed by atoms with E-state index in [1.165, 1.54) is 45.7 Å². The summed E-state index contributed by atoms with van der Waals surface area (Å²) in [5.41, 5.74) is 6.51. The third kappa shape index (κ3) is 3.38. The van der Waals surface area contributed by atoms with Gasteiger partial charge in [-0.3, -0.25) is 0 Å². The van der Waals surface area contributed by atoms with E-state index in [2.05, 4.69) is 106 Å². The van der Waals surface area contributed by atoms with Gasteiger partial charge in [-0.25, -0.2) is 4.85 Å². The molecular weight excluding hydrogens is 563 g/mol. The molecule has 0 bridgehead atoms. The maximum atomic E-state index is 10.3. The van der Waals surface area contributed by atoms with Crippen LogP contribution in [0.2, 0.25) is 0 Å². The second kappa shape index (κ2) is 9.02. The molecular formula is C38H19N3S2. The second-order valence-corrected chi connectivity index (χ2v) is 12.8. The minimum absolute atomic E-state index is 0.644. The molecule has 0 spiro atoms. The van der Waals surface area contributed by atoms with Gasteiger partial charge in [0.1, 0.15) is 6.07 Å². The summed E-state index contributed by atoms with van der Waals surface area (Å²) in [6, 6.07) is 42.5. The zero-order valence-electron chi connectivity index (χ0n) is 22.6. The molecule has 3 nitrogen and oxygen atoms in total. The van der Waals surface area contributed by atoms with Gasteiger partial charge in [0.2, 0.25) is 0 Å². The predicted molar refractivity (Wildman–Crippen MR) is 183 cm³/mol. The van der Waals surface area contributed by atoms with Crippen molar-refractivity contribution in [3.05, 3.63) is 132 Å². The fraction of sp³-hybridized carbons (Fsp3) is 0. The summed E-state index contributed by atoms with van der Waals surface area (Å²) in [5, 5.41) is 17.5. The van der Waals surface area contributed by atoms with Gasteiger partial charge in [-0.15, -0.1) is 22.7 Å². The van der Waals surface area contributed by atoms with E-state index in [9.17, 15) is 5.26 Å². The highest BCUT2D eigenvalue weighted by Gasteiger charge is 2.20. The average Bonchev–Trinajstić information content (AvgIpc) is 3.73. The number of benzene rings is 6. The number of para-hydroxylation sites is 3. The molecule has 6 aromatic carbocycles. The summed E-state index contributed by atoms with van der Waals surface area (Å²) in [6.45, 7) is 7.45. The molecule has 0 amide bonds. The van der Waals surface area contributed by atoms with Gasteiger partial charge in [0.25, 0.3) is 0 Å². The van der Waals surface area contributed by atoms with Crippen molar-refractivity contribution in [1.29, 1.82) is 5.26 Å². The first-order chi connectivity index (χ1) is 21.2. The summed E-state index contributed by atoms with van der Waals surface area (Å²) >= 11 is 3.63.